The molecule has 0 bridgehead atoms. The molecule has 0 aliphatic rings. The highest BCUT2D eigenvalue weighted by Gasteiger charge is 2.03. The maximum absolute atomic E-state index is 12.4. The van der Waals surface area contributed by atoms with Gasteiger partial charge in [0.05, 0.1) is 4.88 Å². The third-order valence-corrected chi connectivity index (χ3v) is 2.22. The summed E-state index contributed by atoms with van der Waals surface area (Å²) >= 11 is 1.53. The second kappa shape index (κ2) is 2.51. The van der Waals surface area contributed by atoms with Gasteiger partial charge in [0.25, 0.3) is 6.01 Å². The minimum atomic E-state index is -0.534. The molecule has 2 rings (SSSR count). The number of hydrogen-bond donors (Lipinski definition) is 0. The molecular weight excluding hydrogens is 163 g/mol. The third kappa shape index (κ3) is 1.19. The zero-order valence-corrected chi connectivity index (χ0v) is 6.40. The fourth-order valence-electron chi connectivity index (χ4n) is 0.865. The van der Waals surface area contributed by atoms with E-state index in [9.17, 15) is 4.39 Å². The number of hydrogen-bond acceptors (Lipinski definition) is 2. The van der Waals surface area contributed by atoms with Gasteiger partial charge in [0.2, 0.25) is 0 Å². The van der Waals surface area contributed by atoms with E-state index >= 15 is 0 Å². The summed E-state index contributed by atoms with van der Waals surface area (Å²) in [6.07, 6.45) is 0. The second-order valence-corrected chi connectivity index (χ2v) is 3.03. The van der Waals surface area contributed by atoms with E-state index in [1.807, 2.05) is 17.5 Å². The topological polar surface area (TPSA) is 13.1 Å². The Kier molecular flexibility index (Phi) is 1.51. The van der Waals surface area contributed by atoms with Gasteiger partial charge in [0.15, 0.2) is 0 Å². The highest BCUT2D eigenvalue weighted by molar-refractivity contribution is 7.13. The largest absolute Gasteiger partial charge is 0.430 e. The fourth-order valence-corrected chi connectivity index (χ4v) is 1.55. The lowest BCUT2D eigenvalue weighted by molar-refractivity contribution is 0.367. The first-order chi connectivity index (χ1) is 5.36. The smallest absolute Gasteiger partial charge is 0.278 e. The van der Waals surface area contributed by atoms with E-state index < -0.39 is 6.01 Å². The zero-order chi connectivity index (χ0) is 7.68. The minimum Gasteiger partial charge on any atom is -0.430 e. The Balaban J connectivity index is 2.45. The molecule has 0 amide bonds. The lowest BCUT2D eigenvalue weighted by Gasteiger charge is -1.85. The molecule has 0 atom stereocenters. The predicted molar refractivity (Wildman–Crippen MR) is 42.0 cm³/mol. The Labute approximate surface area is 67.1 Å². The van der Waals surface area contributed by atoms with Crippen LogP contribution in [0.5, 0.6) is 0 Å². The van der Waals surface area contributed by atoms with E-state index in [-0.39, 0.29) is 0 Å². The summed E-state index contributed by atoms with van der Waals surface area (Å²) in [6, 6.07) is 6.20. The maximum atomic E-state index is 12.4. The van der Waals surface area contributed by atoms with Crippen LogP contribution in [0.3, 0.4) is 0 Å². The Morgan fingerprint density at radius 2 is 2.18 bits per heavy atom. The van der Waals surface area contributed by atoms with Crippen LogP contribution < -0.4 is 0 Å². The van der Waals surface area contributed by atoms with Gasteiger partial charge in [-0.15, -0.1) is 11.3 Å². The molecule has 1 nitrogen and oxygen atoms in total. The van der Waals surface area contributed by atoms with Gasteiger partial charge in [0.1, 0.15) is 5.76 Å². The van der Waals surface area contributed by atoms with Crippen LogP contribution in [0.15, 0.2) is 34.1 Å². The van der Waals surface area contributed by atoms with E-state index in [2.05, 4.69) is 0 Å². The van der Waals surface area contributed by atoms with E-state index in [1.165, 1.54) is 17.4 Å². The molecule has 2 heterocycles. The van der Waals surface area contributed by atoms with Crippen molar-refractivity contribution in [1.29, 1.82) is 0 Å². The molecule has 2 aromatic rings. The Hall–Kier alpha value is -1.09. The summed E-state index contributed by atoms with van der Waals surface area (Å²) < 4.78 is 17.1. The Morgan fingerprint density at radius 1 is 1.27 bits per heavy atom. The first-order valence-corrected chi connectivity index (χ1v) is 4.03. The summed E-state index contributed by atoms with van der Waals surface area (Å²) in [4.78, 5) is 0.953. The van der Waals surface area contributed by atoms with E-state index in [1.54, 1.807) is 6.07 Å². The van der Waals surface area contributed by atoms with E-state index in [4.69, 9.17) is 4.42 Å². The summed E-state index contributed by atoms with van der Waals surface area (Å²) in [6.45, 7) is 0. The van der Waals surface area contributed by atoms with Crippen molar-refractivity contribution in [1.82, 2.24) is 0 Å². The summed E-state index contributed by atoms with van der Waals surface area (Å²) in [5, 5.41) is 1.93. The number of halogens is 1. The molecule has 2 aromatic heterocycles. The van der Waals surface area contributed by atoms with Gasteiger partial charge in [-0.1, -0.05) is 6.07 Å². The summed E-state index contributed by atoms with van der Waals surface area (Å²) in [5.74, 6) is 0.595. The molecule has 3 heteroatoms. The van der Waals surface area contributed by atoms with Crippen LogP contribution >= 0.6 is 11.3 Å². The Bertz CT molecular complexity index is 337. The molecule has 56 valence electrons. The van der Waals surface area contributed by atoms with Gasteiger partial charge in [-0.2, -0.15) is 4.39 Å². The minimum absolute atomic E-state index is 0.534. The highest BCUT2D eigenvalue weighted by atomic mass is 32.1. The lowest BCUT2D eigenvalue weighted by Crippen LogP contribution is -1.60. The van der Waals surface area contributed by atoms with Crippen molar-refractivity contribution in [2.45, 2.75) is 0 Å². The van der Waals surface area contributed by atoms with Gasteiger partial charge in [-0.05, 0) is 17.5 Å². The third-order valence-electron chi connectivity index (χ3n) is 1.34. The molecule has 0 unspecified atom stereocenters. The van der Waals surface area contributed by atoms with Crippen molar-refractivity contribution < 1.29 is 8.81 Å². The van der Waals surface area contributed by atoms with Gasteiger partial charge >= 0.3 is 0 Å². The predicted octanol–water partition coefficient (Wildman–Crippen LogP) is 3.15. The molecular formula is C8H5FOS. The van der Waals surface area contributed by atoms with Gasteiger partial charge in [-0.25, -0.2) is 0 Å². The molecule has 0 fully saturated rings. The van der Waals surface area contributed by atoms with Crippen LogP contribution in [0.4, 0.5) is 4.39 Å². The lowest BCUT2D eigenvalue weighted by atomic mass is 10.4. The number of thiophene rings is 1. The highest BCUT2D eigenvalue weighted by Crippen LogP contribution is 2.25. The van der Waals surface area contributed by atoms with Crippen LogP contribution in [0, 0.1) is 6.01 Å². The molecule has 0 radical (unpaired) electrons. The van der Waals surface area contributed by atoms with E-state index in [0.717, 1.165) is 4.88 Å². The standard InChI is InChI=1S/C8H5FOS/c9-8-4-3-6(10-8)7-2-1-5-11-7/h1-5H. The Morgan fingerprint density at radius 3 is 2.73 bits per heavy atom. The van der Waals surface area contributed by atoms with E-state index in [0.29, 0.717) is 5.76 Å². The molecule has 0 aliphatic carbocycles. The van der Waals surface area contributed by atoms with Crippen LogP contribution in [0.2, 0.25) is 0 Å². The molecule has 0 N–H and O–H groups in total. The zero-order valence-electron chi connectivity index (χ0n) is 5.58. The SMILES string of the molecule is Fc1ccc(-c2cccs2)o1. The first kappa shape index (κ1) is 6.61. The molecule has 0 aliphatic heterocycles. The monoisotopic (exact) mass is 168 g/mol. The van der Waals surface area contributed by atoms with Crippen molar-refractivity contribution in [3.05, 3.63) is 35.7 Å². The second-order valence-electron chi connectivity index (χ2n) is 2.08. The normalized spacial score (nSPS) is 10.3. The quantitative estimate of drug-likeness (QED) is 0.637. The average Bonchev–Trinajstić information content (AvgIpc) is 2.55. The van der Waals surface area contributed by atoms with Crippen molar-refractivity contribution in [3.8, 4) is 10.6 Å². The average molecular weight is 168 g/mol. The maximum Gasteiger partial charge on any atom is 0.278 e. The fraction of sp³-hybridized carbons (Fsp3) is 0. The van der Waals surface area contributed by atoms with Crippen LogP contribution in [0.1, 0.15) is 0 Å². The van der Waals surface area contributed by atoms with Crippen LogP contribution in [-0.4, -0.2) is 0 Å². The van der Waals surface area contributed by atoms with Crippen molar-refractivity contribution in [2.75, 3.05) is 0 Å². The molecule has 0 aromatic carbocycles. The molecule has 0 spiro atoms. The van der Waals surface area contributed by atoms with Gasteiger partial charge < -0.3 is 4.42 Å². The van der Waals surface area contributed by atoms with Crippen molar-refractivity contribution in [2.24, 2.45) is 0 Å². The molecule has 0 saturated carbocycles. The van der Waals surface area contributed by atoms with Crippen molar-refractivity contribution in [3.63, 3.8) is 0 Å². The van der Waals surface area contributed by atoms with Crippen LogP contribution in [0.25, 0.3) is 10.6 Å². The first-order valence-electron chi connectivity index (χ1n) is 3.15. The van der Waals surface area contributed by atoms with Gasteiger partial charge in [0, 0.05) is 6.07 Å². The number of rotatable bonds is 1. The summed E-state index contributed by atoms with van der Waals surface area (Å²) in [5.41, 5.74) is 0. The number of furan rings is 1. The summed E-state index contributed by atoms with van der Waals surface area (Å²) in [7, 11) is 0. The molecule has 11 heavy (non-hydrogen) atoms. The molecule has 0 saturated heterocycles. The van der Waals surface area contributed by atoms with Crippen LogP contribution in [-0.2, 0) is 0 Å². The van der Waals surface area contributed by atoms with Gasteiger partial charge in [-0.3, -0.25) is 0 Å². The van der Waals surface area contributed by atoms with Crippen molar-refractivity contribution >= 4 is 11.3 Å².